The molecule has 2 heterocycles. The van der Waals surface area contributed by atoms with Crippen molar-refractivity contribution >= 4 is 27.1 Å². The summed E-state index contributed by atoms with van der Waals surface area (Å²) >= 11 is 1.32. The lowest BCUT2D eigenvalue weighted by Crippen LogP contribution is -2.59. The molecular formula is C18H27N3O3S2. The monoisotopic (exact) mass is 397 g/mol. The fourth-order valence-electron chi connectivity index (χ4n) is 4.47. The van der Waals surface area contributed by atoms with Crippen LogP contribution in [0.4, 0.5) is 0 Å². The van der Waals surface area contributed by atoms with E-state index in [1.165, 1.54) is 30.6 Å². The van der Waals surface area contributed by atoms with Crippen LogP contribution in [0.5, 0.6) is 0 Å². The topological polar surface area (TPSA) is 88.2 Å². The molecule has 6 nitrogen and oxygen atoms in total. The molecule has 0 bridgehead atoms. The largest absolute Gasteiger partial charge is 0.351 e. The number of sulfone groups is 1. The molecule has 1 amide bonds. The van der Waals surface area contributed by atoms with E-state index < -0.39 is 14.6 Å². The van der Waals surface area contributed by atoms with Crippen LogP contribution in [-0.2, 0) is 9.84 Å². The summed E-state index contributed by atoms with van der Waals surface area (Å²) in [5.41, 5.74) is 1.64. The zero-order chi connectivity index (χ0) is 18.2. The second-order valence-electron chi connectivity index (χ2n) is 8.23. The first-order valence-corrected chi connectivity index (χ1v) is 12.1. The molecule has 2 aliphatic carbocycles. The van der Waals surface area contributed by atoms with Gasteiger partial charge in [-0.25, -0.2) is 8.42 Å². The first-order valence-electron chi connectivity index (χ1n) is 9.60. The minimum absolute atomic E-state index is 0.112. The van der Waals surface area contributed by atoms with E-state index in [4.69, 9.17) is 0 Å². The lowest BCUT2D eigenvalue weighted by atomic mass is 9.70. The molecule has 1 unspecified atom stereocenters. The number of carbonyl (C=O) groups excluding carboxylic acids is 1. The van der Waals surface area contributed by atoms with Gasteiger partial charge in [-0.2, -0.15) is 0 Å². The molecule has 4 rings (SSSR count). The quantitative estimate of drug-likeness (QED) is 0.735. The molecule has 3 fully saturated rings. The Balaban J connectivity index is 1.27. The van der Waals surface area contributed by atoms with E-state index in [2.05, 4.69) is 15.6 Å². The predicted molar refractivity (Wildman–Crippen MR) is 102 cm³/mol. The van der Waals surface area contributed by atoms with Crippen LogP contribution >= 0.6 is 11.3 Å². The fourth-order valence-corrected chi connectivity index (χ4v) is 7.47. The Hall–Kier alpha value is -0.990. The van der Waals surface area contributed by atoms with E-state index in [0.717, 1.165) is 25.3 Å². The van der Waals surface area contributed by atoms with Crippen molar-refractivity contribution in [1.82, 2.24) is 15.6 Å². The average molecular weight is 398 g/mol. The number of nitrogens with zero attached hydrogens (tertiary/aromatic N) is 1. The number of rotatable bonds is 7. The molecule has 0 aromatic carbocycles. The lowest BCUT2D eigenvalue weighted by molar-refractivity contribution is 0.0928. The number of aromatic nitrogens is 1. The van der Waals surface area contributed by atoms with E-state index in [0.29, 0.717) is 36.1 Å². The van der Waals surface area contributed by atoms with Gasteiger partial charge in [0.15, 0.2) is 9.84 Å². The molecule has 1 atom stereocenters. The minimum atomic E-state index is -3.02. The molecule has 26 heavy (non-hydrogen) atoms. The average Bonchev–Trinajstić information content (AvgIpc) is 3.22. The third-order valence-electron chi connectivity index (χ3n) is 6.22. The van der Waals surface area contributed by atoms with Crippen molar-refractivity contribution in [3.63, 3.8) is 0 Å². The molecule has 2 N–H and O–H groups in total. The number of carbonyl (C=O) groups is 1. The zero-order valence-corrected chi connectivity index (χ0v) is 16.6. The van der Waals surface area contributed by atoms with Crippen LogP contribution < -0.4 is 10.6 Å². The smallest absolute Gasteiger partial charge is 0.263 e. The van der Waals surface area contributed by atoms with Gasteiger partial charge >= 0.3 is 0 Å². The predicted octanol–water partition coefficient (Wildman–Crippen LogP) is 1.99. The van der Waals surface area contributed by atoms with Crippen molar-refractivity contribution in [2.45, 2.75) is 55.7 Å². The maximum atomic E-state index is 12.7. The third kappa shape index (κ3) is 3.82. The molecular weight excluding hydrogens is 370 g/mol. The zero-order valence-electron chi connectivity index (χ0n) is 14.9. The normalized spacial score (nSPS) is 32.9. The molecule has 8 heteroatoms. The van der Waals surface area contributed by atoms with Crippen LogP contribution in [-0.4, -0.2) is 48.9 Å². The fraction of sp³-hybridized carbons (Fsp3) is 0.778. The maximum Gasteiger partial charge on any atom is 0.263 e. The van der Waals surface area contributed by atoms with Gasteiger partial charge in [0.25, 0.3) is 5.91 Å². The molecule has 144 valence electrons. The van der Waals surface area contributed by atoms with Crippen LogP contribution in [0.3, 0.4) is 0 Å². The van der Waals surface area contributed by atoms with Crippen LogP contribution in [0, 0.1) is 11.8 Å². The number of nitrogens with one attached hydrogen (secondary N) is 2. The molecule has 1 spiro atoms. The first-order chi connectivity index (χ1) is 12.5. The Bertz CT molecular complexity index is 738. The summed E-state index contributed by atoms with van der Waals surface area (Å²) in [6.07, 6.45) is 8.34. The summed E-state index contributed by atoms with van der Waals surface area (Å²) in [6, 6.07) is 0.324. The van der Waals surface area contributed by atoms with Crippen molar-refractivity contribution in [3.8, 4) is 0 Å². The van der Waals surface area contributed by atoms with E-state index in [9.17, 15) is 13.2 Å². The Morgan fingerprint density at radius 3 is 2.73 bits per heavy atom. The summed E-state index contributed by atoms with van der Waals surface area (Å²) in [5, 5.41) is 6.52. The van der Waals surface area contributed by atoms with Crippen molar-refractivity contribution in [2.75, 3.05) is 18.8 Å². The molecule has 1 aliphatic heterocycles. The number of hydrogen-bond acceptors (Lipinski definition) is 6. The number of hydrogen-bond donors (Lipinski definition) is 2. The van der Waals surface area contributed by atoms with Gasteiger partial charge in [-0.05, 0) is 50.5 Å². The number of amides is 1. The Kier molecular flexibility index (Phi) is 5.09. The second kappa shape index (κ2) is 7.20. The molecule has 1 saturated heterocycles. The molecule has 3 aliphatic rings. The Morgan fingerprint density at radius 2 is 2.04 bits per heavy atom. The van der Waals surface area contributed by atoms with Crippen molar-refractivity contribution < 1.29 is 13.2 Å². The third-order valence-corrected chi connectivity index (χ3v) is 9.59. The lowest BCUT2D eigenvalue weighted by Gasteiger charge is -2.51. The van der Waals surface area contributed by atoms with Crippen LogP contribution in [0.2, 0.25) is 0 Å². The molecule has 1 aromatic rings. The Labute approximate surface area is 159 Å². The van der Waals surface area contributed by atoms with E-state index in [-0.39, 0.29) is 11.8 Å². The van der Waals surface area contributed by atoms with Gasteiger partial charge < -0.3 is 10.6 Å². The van der Waals surface area contributed by atoms with Crippen molar-refractivity contribution in [3.05, 3.63) is 16.6 Å². The highest BCUT2D eigenvalue weighted by Gasteiger charge is 2.56. The van der Waals surface area contributed by atoms with E-state index >= 15 is 0 Å². The summed E-state index contributed by atoms with van der Waals surface area (Å²) in [4.78, 5) is 16.5. The molecule has 1 aromatic heterocycles. The second-order valence-corrected chi connectivity index (χ2v) is 11.6. The summed E-state index contributed by atoms with van der Waals surface area (Å²) in [6.45, 7) is 1.56. The first kappa shape index (κ1) is 18.4. The highest BCUT2D eigenvalue weighted by Crippen LogP contribution is 2.50. The maximum absolute atomic E-state index is 12.7. The minimum Gasteiger partial charge on any atom is -0.351 e. The Morgan fingerprint density at radius 1 is 1.23 bits per heavy atom. The SMILES string of the molecule is O=C(NCC1CC2(C1)CC(NCCC1CC1)CCS2(=O)=O)c1cncs1. The van der Waals surface area contributed by atoms with Crippen molar-refractivity contribution in [1.29, 1.82) is 0 Å². The van der Waals surface area contributed by atoms with Gasteiger partial charge in [0, 0.05) is 12.6 Å². The molecule has 0 radical (unpaired) electrons. The van der Waals surface area contributed by atoms with Gasteiger partial charge in [-0.3, -0.25) is 9.78 Å². The van der Waals surface area contributed by atoms with Gasteiger partial charge in [-0.1, -0.05) is 12.8 Å². The van der Waals surface area contributed by atoms with Gasteiger partial charge in [-0.15, -0.1) is 11.3 Å². The van der Waals surface area contributed by atoms with Crippen LogP contribution in [0.15, 0.2) is 11.7 Å². The van der Waals surface area contributed by atoms with Crippen molar-refractivity contribution in [2.24, 2.45) is 11.8 Å². The summed E-state index contributed by atoms with van der Waals surface area (Å²) in [7, 11) is -3.02. The molecule has 2 saturated carbocycles. The number of thiazole rings is 1. The van der Waals surface area contributed by atoms with E-state index in [1.807, 2.05) is 0 Å². The van der Waals surface area contributed by atoms with Crippen LogP contribution in [0.1, 0.15) is 54.6 Å². The highest BCUT2D eigenvalue weighted by molar-refractivity contribution is 7.92. The van der Waals surface area contributed by atoms with E-state index in [1.54, 1.807) is 11.7 Å². The summed E-state index contributed by atoms with van der Waals surface area (Å²) in [5.74, 6) is 1.35. The highest BCUT2D eigenvalue weighted by atomic mass is 32.2. The van der Waals surface area contributed by atoms with Gasteiger partial charge in [0.05, 0.1) is 22.2 Å². The summed E-state index contributed by atoms with van der Waals surface area (Å²) < 4.78 is 24.8. The standard InChI is InChI=1S/C18H27N3O3S2/c22-17(16-11-19-12-25-16)21-10-14-7-18(8-14)9-15(4-6-26(18,23)24)20-5-3-13-1-2-13/h11-15,20H,1-10H2,(H,21,22). The van der Waals surface area contributed by atoms with Gasteiger partial charge in [0.1, 0.15) is 4.88 Å². The van der Waals surface area contributed by atoms with Crippen LogP contribution in [0.25, 0.3) is 0 Å². The van der Waals surface area contributed by atoms with Gasteiger partial charge in [0.2, 0.25) is 0 Å².